The summed E-state index contributed by atoms with van der Waals surface area (Å²) in [6, 6.07) is 20.4. The van der Waals surface area contributed by atoms with Crippen LogP contribution in [0.5, 0.6) is 0 Å². The van der Waals surface area contributed by atoms with Gasteiger partial charge in [-0.2, -0.15) is 5.26 Å². The fraction of sp³-hybridized carbons (Fsp3) is 0.231. The minimum atomic E-state index is -0.254. The minimum absolute atomic E-state index is 0.0489. The molecule has 0 radical (unpaired) electrons. The van der Waals surface area contributed by atoms with Gasteiger partial charge in [-0.3, -0.25) is 4.79 Å². The predicted octanol–water partition coefficient (Wildman–Crippen LogP) is 5.52. The number of aliphatic hydroxyl groups excluding tert-OH is 1. The van der Waals surface area contributed by atoms with Gasteiger partial charge in [-0.15, -0.1) is 0 Å². The molecule has 0 amide bonds. The van der Waals surface area contributed by atoms with Gasteiger partial charge in [-0.1, -0.05) is 62.0 Å². The molecule has 0 heterocycles. The van der Waals surface area contributed by atoms with E-state index in [0.717, 1.165) is 26.1 Å². The van der Waals surface area contributed by atoms with E-state index in [9.17, 15) is 10.1 Å². The second-order valence-electron chi connectivity index (χ2n) is 7.86. The largest absolute Gasteiger partial charge is 0.396 e. The van der Waals surface area contributed by atoms with Gasteiger partial charge in [0.2, 0.25) is 5.78 Å². The van der Waals surface area contributed by atoms with E-state index in [1.165, 1.54) is 5.56 Å². The van der Waals surface area contributed by atoms with E-state index in [4.69, 9.17) is 5.11 Å². The van der Waals surface area contributed by atoms with Crippen LogP contribution in [-0.2, 0) is 0 Å². The van der Waals surface area contributed by atoms with E-state index in [0.29, 0.717) is 30.1 Å². The number of carbonyl (C=O) groups excluding carboxylic acids is 1. The van der Waals surface area contributed by atoms with Gasteiger partial charge in [0.25, 0.3) is 0 Å². The lowest BCUT2D eigenvalue weighted by atomic mass is 9.86. The number of aliphatic hydroxyl groups is 1. The lowest BCUT2D eigenvalue weighted by Gasteiger charge is -2.22. The summed E-state index contributed by atoms with van der Waals surface area (Å²) in [7, 11) is 0. The van der Waals surface area contributed by atoms with Crippen molar-refractivity contribution in [3.8, 4) is 6.07 Å². The van der Waals surface area contributed by atoms with Gasteiger partial charge < -0.3 is 10.4 Å². The SMILES string of the molecule is CC(C)c1ccc(Sc2ccc3c4c(cccc24)C(=O)C(C#N)=C3NCCCO)cc1. The lowest BCUT2D eigenvalue weighted by molar-refractivity contribution is 0.104. The molecule has 0 aromatic heterocycles. The van der Waals surface area contributed by atoms with Crippen molar-refractivity contribution in [2.45, 2.75) is 36.0 Å². The summed E-state index contributed by atoms with van der Waals surface area (Å²) in [6.45, 7) is 4.90. The zero-order valence-corrected chi connectivity index (χ0v) is 18.4. The molecule has 3 aromatic rings. The highest BCUT2D eigenvalue weighted by Gasteiger charge is 2.28. The summed E-state index contributed by atoms with van der Waals surface area (Å²) in [5.41, 5.74) is 3.42. The Balaban J connectivity index is 1.80. The number of nitrogens with zero attached hydrogens (tertiary/aromatic N) is 1. The Morgan fingerprint density at radius 1 is 1.06 bits per heavy atom. The highest BCUT2D eigenvalue weighted by atomic mass is 32.2. The van der Waals surface area contributed by atoms with E-state index >= 15 is 0 Å². The van der Waals surface area contributed by atoms with Crippen LogP contribution in [-0.4, -0.2) is 24.0 Å². The Morgan fingerprint density at radius 3 is 2.52 bits per heavy atom. The average Bonchev–Trinajstić information content (AvgIpc) is 2.78. The topological polar surface area (TPSA) is 73.1 Å². The first-order valence-corrected chi connectivity index (χ1v) is 11.2. The molecule has 0 saturated carbocycles. The van der Waals surface area contributed by atoms with E-state index in [2.05, 4.69) is 55.6 Å². The van der Waals surface area contributed by atoms with Gasteiger partial charge in [-0.25, -0.2) is 0 Å². The molecule has 3 aromatic carbocycles. The quantitative estimate of drug-likeness (QED) is 0.485. The highest BCUT2D eigenvalue weighted by Crippen LogP contribution is 2.41. The molecule has 0 spiro atoms. The molecule has 1 aliphatic carbocycles. The number of nitrogens with one attached hydrogen (secondary N) is 1. The van der Waals surface area contributed by atoms with E-state index in [-0.39, 0.29) is 18.0 Å². The first-order chi connectivity index (χ1) is 15.0. The molecule has 5 heteroatoms. The second kappa shape index (κ2) is 8.97. The number of allylic oxidation sites excluding steroid dienone is 1. The molecule has 0 aliphatic heterocycles. The van der Waals surface area contributed by atoms with Crippen LogP contribution in [0.1, 0.15) is 47.7 Å². The maximum absolute atomic E-state index is 13.1. The third kappa shape index (κ3) is 3.97. The first-order valence-electron chi connectivity index (χ1n) is 10.4. The molecule has 4 rings (SSSR count). The number of Topliss-reactive ketones (excluding diaryl/α,β-unsaturated/α-hetero) is 1. The van der Waals surface area contributed by atoms with Crippen molar-refractivity contribution in [2.24, 2.45) is 0 Å². The van der Waals surface area contributed by atoms with E-state index in [1.54, 1.807) is 17.8 Å². The van der Waals surface area contributed by atoms with Crippen LogP contribution in [0, 0.1) is 11.3 Å². The van der Waals surface area contributed by atoms with Crippen molar-refractivity contribution in [2.75, 3.05) is 13.2 Å². The standard InChI is InChI=1S/C26H24N2O2S/c1-16(2)17-7-9-18(10-8-17)31-23-12-11-20-24-19(23)5-3-6-21(24)26(30)22(15-27)25(20)28-13-4-14-29/h3,5-12,16,28-29H,4,13-14H2,1-2H3. The number of rotatable bonds is 7. The van der Waals surface area contributed by atoms with Crippen molar-refractivity contribution in [3.05, 3.63) is 76.9 Å². The highest BCUT2D eigenvalue weighted by molar-refractivity contribution is 7.99. The average molecular weight is 429 g/mol. The molecule has 1 aliphatic rings. The molecule has 156 valence electrons. The zero-order valence-electron chi connectivity index (χ0n) is 17.6. The molecule has 2 N–H and O–H groups in total. The Morgan fingerprint density at radius 2 is 1.84 bits per heavy atom. The monoisotopic (exact) mass is 428 g/mol. The molecule has 0 atom stereocenters. The van der Waals surface area contributed by atoms with Crippen molar-refractivity contribution < 1.29 is 9.90 Å². The van der Waals surface area contributed by atoms with Crippen LogP contribution >= 0.6 is 11.8 Å². The minimum Gasteiger partial charge on any atom is -0.396 e. The Kier molecular flexibility index (Phi) is 6.13. The maximum Gasteiger partial charge on any atom is 0.206 e. The van der Waals surface area contributed by atoms with Crippen LogP contribution in [0.15, 0.2) is 70.0 Å². The fourth-order valence-corrected chi connectivity index (χ4v) is 4.82. The van der Waals surface area contributed by atoms with Crippen molar-refractivity contribution >= 4 is 34.0 Å². The van der Waals surface area contributed by atoms with Gasteiger partial charge in [0.05, 0.1) is 5.70 Å². The van der Waals surface area contributed by atoms with Crippen molar-refractivity contribution in [1.29, 1.82) is 5.26 Å². The maximum atomic E-state index is 13.1. The summed E-state index contributed by atoms with van der Waals surface area (Å²) >= 11 is 1.67. The summed E-state index contributed by atoms with van der Waals surface area (Å²) < 4.78 is 0. The lowest BCUT2D eigenvalue weighted by Crippen LogP contribution is -2.22. The van der Waals surface area contributed by atoms with Crippen LogP contribution in [0.3, 0.4) is 0 Å². The normalized spacial score (nSPS) is 13.1. The van der Waals surface area contributed by atoms with Gasteiger partial charge >= 0.3 is 0 Å². The summed E-state index contributed by atoms with van der Waals surface area (Å²) in [6.07, 6.45) is 0.543. The summed E-state index contributed by atoms with van der Waals surface area (Å²) in [5, 5.41) is 23.9. The van der Waals surface area contributed by atoms with Gasteiger partial charge in [0.15, 0.2) is 0 Å². The number of carbonyl (C=O) groups is 1. The molecule has 31 heavy (non-hydrogen) atoms. The van der Waals surface area contributed by atoms with Gasteiger partial charge in [-0.05, 0) is 41.5 Å². The molecular weight excluding hydrogens is 404 g/mol. The van der Waals surface area contributed by atoms with Crippen LogP contribution in [0.4, 0.5) is 0 Å². The Hall–Kier alpha value is -3.07. The van der Waals surface area contributed by atoms with Crippen LogP contribution in [0.2, 0.25) is 0 Å². The number of benzene rings is 3. The molecule has 0 bridgehead atoms. The number of nitriles is 1. The van der Waals surface area contributed by atoms with E-state index < -0.39 is 0 Å². The molecule has 0 unspecified atom stereocenters. The van der Waals surface area contributed by atoms with Crippen LogP contribution < -0.4 is 5.32 Å². The molecular formula is C26H24N2O2S. The predicted molar refractivity (Wildman–Crippen MR) is 125 cm³/mol. The second-order valence-corrected chi connectivity index (χ2v) is 8.98. The van der Waals surface area contributed by atoms with E-state index in [1.807, 2.05) is 18.2 Å². The zero-order chi connectivity index (χ0) is 22.0. The third-order valence-electron chi connectivity index (χ3n) is 5.51. The van der Waals surface area contributed by atoms with Gasteiger partial charge in [0, 0.05) is 39.5 Å². The number of ketones is 1. The molecule has 0 fully saturated rings. The summed E-state index contributed by atoms with van der Waals surface area (Å²) in [5.74, 6) is 0.235. The molecule has 4 nitrogen and oxygen atoms in total. The number of hydrogen-bond acceptors (Lipinski definition) is 5. The Bertz CT molecular complexity index is 1220. The fourth-order valence-electron chi connectivity index (χ4n) is 3.88. The van der Waals surface area contributed by atoms with Crippen molar-refractivity contribution in [3.63, 3.8) is 0 Å². The molecule has 0 saturated heterocycles. The smallest absolute Gasteiger partial charge is 0.206 e. The van der Waals surface area contributed by atoms with Gasteiger partial charge in [0.1, 0.15) is 11.6 Å². The number of hydrogen-bond donors (Lipinski definition) is 2. The third-order valence-corrected chi connectivity index (χ3v) is 6.60. The van der Waals surface area contributed by atoms with Crippen LogP contribution in [0.25, 0.3) is 16.5 Å². The van der Waals surface area contributed by atoms with Crippen molar-refractivity contribution in [1.82, 2.24) is 5.32 Å². The summed E-state index contributed by atoms with van der Waals surface area (Å²) in [4.78, 5) is 15.3. The first kappa shape index (κ1) is 21.2. The Labute approximate surface area is 186 Å².